The minimum atomic E-state index is -3.41. The molecule has 0 radical (unpaired) electrons. The molecule has 0 fully saturated rings. The molecule has 0 saturated heterocycles. The minimum absolute atomic E-state index is 0.301. The van der Waals surface area contributed by atoms with Crippen molar-refractivity contribution in [3.05, 3.63) is 53.1 Å². The number of nitrogens with one attached hydrogen (secondary N) is 1. The highest BCUT2D eigenvalue weighted by atomic mass is 32.2. The Morgan fingerprint density at radius 3 is 2.81 bits per heavy atom. The molecule has 6 nitrogen and oxygen atoms in total. The van der Waals surface area contributed by atoms with E-state index >= 15 is 0 Å². The second-order valence-corrected chi connectivity index (χ2v) is 8.75. The lowest BCUT2D eigenvalue weighted by Gasteiger charge is -2.10. The van der Waals surface area contributed by atoms with E-state index in [0.717, 1.165) is 21.5 Å². The fraction of sp³-hybridized carbons (Fsp3) is 0.0556. The minimum Gasteiger partial charge on any atom is -0.340 e. The maximum absolute atomic E-state index is 12.3. The van der Waals surface area contributed by atoms with E-state index in [1.807, 2.05) is 18.2 Å². The van der Waals surface area contributed by atoms with Crippen LogP contribution in [0.15, 0.2) is 52.5 Å². The summed E-state index contributed by atoms with van der Waals surface area (Å²) in [5.74, 6) is 0.562. The molecule has 1 N–H and O–H groups in total. The largest absolute Gasteiger partial charge is 0.340 e. The summed E-state index contributed by atoms with van der Waals surface area (Å²) in [6, 6.07) is 9.34. The number of thiazole rings is 1. The number of aromatic nitrogens is 3. The fourth-order valence-corrected chi connectivity index (χ4v) is 5.35. The van der Waals surface area contributed by atoms with E-state index < -0.39 is 9.84 Å². The van der Waals surface area contributed by atoms with Gasteiger partial charge in [-0.3, -0.25) is 0 Å². The molecule has 4 aromatic rings. The number of allylic oxidation sites excluding steroid dienone is 1. The molecule has 8 heteroatoms. The van der Waals surface area contributed by atoms with Gasteiger partial charge in [0.1, 0.15) is 12.1 Å². The van der Waals surface area contributed by atoms with E-state index in [0.29, 0.717) is 27.2 Å². The molecular formula is C18H12N4O2S2. The van der Waals surface area contributed by atoms with Gasteiger partial charge in [0.2, 0.25) is 9.84 Å². The highest BCUT2D eigenvalue weighted by molar-refractivity contribution is 7.95. The summed E-state index contributed by atoms with van der Waals surface area (Å²) < 4.78 is 25.8. The van der Waals surface area contributed by atoms with Crippen molar-refractivity contribution in [1.29, 1.82) is 0 Å². The molecule has 26 heavy (non-hydrogen) atoms. The number of benzene rings is 2. The highest BCUT2D eigenvalue weighted by Crippen LogP contribution is 2.37. The average molecular weight is 380 g/mol. The highest BCUT2D eigenvalue weighted by Gasteiger charge is 2.26. The van der Waals surface area contributed by atoms with Crippen molar-refractivity contribution in [2.75, 3.05) is 5.32 Å². The van der Waals surface area contributed by atoms with Crippen molar-refractivity contribution in [2.45, 2.75) is 11.8 Å². The van der Waals surface area contributed by atoms with Crippen LogP contribution in [0.1, 0.15) is 12.5 Å². The summed E-state index contributed by atoms with van der Waals surface area (Å²) in [5.41, 5.74) is 5.66. The number of nitrogens with zero attached hydrogens (tertiary/aromatic N) is 3. The maximum Gasteiger partial charge on any atom is 0.200 e. The van der Waals surface area contributed by atoms with Crippen LogP contribution in [0.3, 0.4) is 0 Å². The van der Waals surface area contributed by atoms with Gasteiger partial charge in [-0.1, -0.05) is 0 Å². The third-order valence-corrected chi connectivity index (χ3v) is 6.82. The fourth-order valence-electron chi connectivity index (χ4n) is 3.16. The number of anilines is 2. The summed E-state index contributed by atoms with van der Waals surface area (Å²) >= 11 is 1.58. The quantitative estimate of drug-likeness (QED) is 0.563. The molecule has 0 saturated carbocycles. The van der Waals surface area contributed by atoms with Crippen molar-refractivity contribution in [1.82, 2.24) is 15.0 Å². The van der Waals surface area contributed by atoms with Gasteiger partial charge in [-0.2, -0.15) is 0 Å². The van der Waals surface area contributed by atoms with Crippen LogP contribution in [0.2, 0.25) is 0 Å². The van der Waals surface area contributed by atoms with Crippen LogP contribution in [0.4, 0.5) is 11.5 Å². The second kappa shape index (κ2) is 5.33. The van der Waals surface area contributed by atoms with Gasteiger partial charge in [0.05, 0.1) is 26.1 Å². The molecule has 128 valence electrons. The van der Waals surface area contributed by atoms with Crippen molar-refractivity contribution in [2.24, 2.45) is 0 Å². The second-order valence-electron chi connectivity index (χ2n) is 6.09. The van der Waals surface area contributed by atoms with Crippen molar-refractivity contribution >= 4 is 59.4 Å². The van der Waals surface area contributed by atoms with Gasteiger partial charge in [-0.25, -0.2) is 23.4 Å². The SMILES string of the molecule is CC1=CS(=O)(=O)c2cc3c(Nc4ccc5scnc5c4)ncnc3cc21. The van der Waals surface area contributed by atoms with Crippen LogP contribution in [0.5, 0.6) is 0 Å². The molecule has 0 unspecified atom stereocenters. The lowest BCUT2D eigenvalue weighted by Crippen LogP contribution is -1.99. The third kappa shape index (κ3) is 2.30. The smallest absolute Gasteiger partial charge is 0.200 e. The van der Waals surface area contributed by atoms with Crippen molar-refractivity contribution < 1.29 is 8.42 Å². The Balaban J connectivity index is 1.67. The Morgan fingerprint density at radius 2 is 1.92 bits per heavy atom. The molecule has 2 aromatic heterocycles. The molecule has 1 aliphatic rings. The van der Waals surface area contributed by atoms with Crippen molar-refractivity contribution in [3.63, 3.8) is 0 Å². The zero-order valence-corrected chi connectivity index (χ0v) is 15.2. The average Bonchev–Trinajstić information content (AvgIpc) is 3.16. The zero-order valence-electron chi connectivity index (χ0n) is 13.6. The first-order valence-corrected chi connectivity index (χ1v) is 10.3. The maximum atomic E-state index is 12.3. The summed E-state index contributed by atoms with van der Waals surface area (Å²) in [6.07, 6.45) is 1.47. The van der Waals surface area contributed by atoms with Gasteiger partial charge < -0.3 is 5.32 Å². The van der Waals surface area contributed by atoms with Gasteiger partial charge in [0.15, 0.2) is 0 Å². The van der Waals surface area contributed by atoms with Gasteiger partial charge in [0, 0.05) is 16.5 Å². The topological polar surface area (TPSA) is 84.8 Å². The van der Waals surface area contributed by atoms with Crippen LogP contribution in [0.25, 0.3) is 26.7 Å². The molecule has 0 aliphatic carbocycles. The van der Waals surface area contributed by atoms with E-state index in [2.05, 4.69) is 20.3 Å². The van der Waals surface area contributed by atoms with E-state index in [1.54, 1.807) is 35.9 Å². The van der Waals surface area contributed by atoms with Crippen LogP contribution < -0.4 is 5.32 Å². The molecule has 2 aromatic carbocycles. The third-order valence-electron chi connectivity index (χ3n) is 4.39. The lowest BCUT2D eigenvalue weighted by atomic mass is 10.1. The Hall–Kier alpha value is -2.84. The molecule has 1 aliphatic heterocycles. The molecule has 0 spiro atoms. The van der Waals surface area contributed by atoms with Crippen LogP contribution in [-0.2, 0) is 9.84 Å². The molecule has 5 rings (SSSR count). The van der Waals surface area contributed by atoms with Crippen molar-refractivity contribution in [3.8, 4) is 0 Å². The van der Waals surface area contributed by atoms with Crippen LogP contribution in [-0.4, -0.2) is 23.4 Å². The normalized spacial score (nSPS) is 15.2. The summed E-state index contributed by atoms with van der Waals surface area (Å²) in [5, 5.41) is 5.22. The van der Waals surface area contributed by atoms with Gasteiger partial charge in [0.25, 0.3) is 0 Å². The van der Waals surface area contributed by atoms with E-state index in [1.165, 1.54) is 11.7 Å². The number of rotatable bonds is 2. The van der Waals surface area contributed by atoms with E-state index in [9.17, 15) is 8.42 Å². The first kappa shape index (κ1) is 15.4. The summed E-state index contributed by atoms with van der Waals surface area (Å²) in [7, 11) is -3.41. The first-order chi connectivity index (χ1) is 12.5. The first-order valence-electron chi connectivity index (χ1n) is 7.84. The predicted octanol–water partition coefficient (Wildman–Crippen LogP) is 4.13. The summed E-state index contributed by atoms with van der Waals surface area (Å²) in [4.78, 5) is 13.2. The van der Waals surface area contributed by atoms with Gasteiger partial charge in [-0.05, 0) is 48.4 Å². The van der Waals surface area contributed by atoms with Crippen LogP contribution >= 0.6 is 11.3 Å². The van der Waals surface area contributed by atoms with Gasteiger partial charge in [-0.15, -0.1) is 11.3 Å². The van der Waals surface area contributed by atoms with Gasteiger partial charge >= 0.3 is 0 Å². The Kier molecular flexibility index (Phi) is 3.16. The molecular weight excluding hydrogens is 368 g/mol. The lowest BCUT2D eigenvalue weighted by molar-refractivity contribution is 0.605. The Labute approximate surface area is 153 Å². The predicted molar refractivity (Wildman–Crippen MR) is 103 cm³/mol. The molecule has 0 atom stereocenters. The standard InChI is InChI=1S/C18H12N4O2S2/c1-10-7-26(23,24)17-6-13-14(5-12(10)17)19-8-20-18(13)22-11-2-3-16-15(4-11)21-9-25-16/h2-9H,1H3,(H,19,20,22). The molecule has 0 bridgehead atoms. The number of hydrogen-bond donors (Lipinski definition) is 1. The Bertz CT molecular complexity index is 1340. The van der Waals surface area contributed by atoms with E-state index in [4.69, 9.17) is 0 Å². The number of fused-ring (bicyclic) bond motifs is 3. The monoisotopic (exact) mass is 380 g/mol. The van der Waals surface area contributed by atoms with E-state index in [-0.39, 0.29) is 0 Å². The summed E-state index contributed by atoms with van der Waals surface area (Å²) in [6.45, 7) is 1.79. The molecule has 3 heterocycles. The number of hydrogen-bond acceptors (Lipinski definition) is 7. The Morgan fingerprint density at radius 1 is 1.04 bits per heavy atom. The zero-order chi connectivity index (χ0) is 17.9. The van der Waals surface area contributed by atoms with Crippen LogP contribution in [0, 0.1) is 0 Å². The number of sulfone groups is 1. The molecule has 0 amide bonds.